The third-order valence-corrected chi connectivity index (χ3v) is 1.19. The first kappa shape index (κ1) is 23.6. The average Bonchev–Trinajstić information content (AvgIpc) is 2.00. The van der Waals surface area contributed by atoms with Crippen LogP contribution in [0.15, 0.2) is 23.1 Å². The fraction of sp³-hybridized carbons (Fsp3) is 0.300. The topological polar surface area (TPSA) is 0 Å². The van der Waals surface area contributed by atoms with Crippen molar-refractivity contribution >= 4 is 12.6 Å². The van der Waals surface area contributed by atoms with Crippen LogP contribution in [0.25, 0.3) is 0 Å². The molecule has 0 aliphatic carbocycles. The molecule has 0 aliphatic heterocycles. The average molecular weight is 535 g/mol. The molecular formula is C10H15SW2-. The van der Waals surface area contributed by atoms with Gasteiger partial charge in [0.2, 0.25) is 0 Å². The summed E-state index contributed by atoms with van der Waals surface area (Å²) in [6, 6.07) is 8.67. The fourth-order valence-corrected chi connectivity index (χ4v) is 0.615. The molecule has 0 amide bonds. The third kappa shape index (κ3) is 12.8. The van der Waals surface area contributed by atoms with Crippen LogP contribution in [0.1, 0.15) is 19.4 Å². The fourth-order valence-electron chi connectivity index (χ4n) is 0.488. The maximum atomic E-state index is 4.82. The molecule has 0 fully saturated rings. The second-order valence-corrected chi connectivity index (χ2v) is 2.17. The van der Waals surface area contributed by atoms with Crippen LogP contribution in [0, 0.1) is 20.4 Å². The molecule has 3 heteroatoms. The molecule has 0 N–H and O–H groups in total. The molecule has 0 nitrogen and oxygen atoms in total. The van der Waals surface area contributed by atoms with E-state index < -0.39 is 0 Å². The quantitative estimate of drug-likeness (QED) is 0.364. The molecule has 0 saturated heterocycles. The first-order chi connectivity index (χ1) is 4.79. The van der Waals surface area contributed by atoms with Crippen LogP contribution in [-0.4, -0.2) is 0 Å². The van der Waals surface area contributed by atoms with Gasteiger partial charge in [-0.25, -0.2) is 6.07 Å². The Kier molecular flexibility index (Phi) is 27.7. The van der Waals surface area contributed by atoms with Gasteiger partial charge in [0.05, 0.1) is 0 Å². The van der Waals surface area contributed by atoms with Gasteiger partial charge < -0.3 is 20.1 Å². The van der Waals surface area contributed by atoms with E-state index in [2.05, 4.69) is 6.07 Å². The number of hydrogen-bond acceptors (Lipinski definition) is 1. The molecule has 0 atom stereocenters. The van der Waals surface area contributed by atoms with E-state index in [0.717, 1.165) is 4.90 Å². The summed E-state index contributed by atoms with van der Waals surface area (Å²) in [6.07, 6.45) is 0. The summed E-state index contributed by atoms with van der Waals surface area (Å²) in [5, 5.41) is 0. The van der Waals surface area contributed by atoms with E-state index in [1.807, 2.05) is 39.0 Å². The molecule has 0 bridgehead atoms. The predicted octanol–water partition coefficient (Wildman–Crippen LogP) is 3.17. The van der Waals surface area contributed by atoms with Gasteiger partial charge in [0.25, 0.3) is 0 Å². The molecule has 0 unspecified atom stereocenters. The van der Waals surface area contributed by atoms with Crippen LogP contribution >= 0.6 is 0 Å². The molecule has 1 aromatic rings. The van der Waals surface area contributed by atoms with Crippen molar-refractivity contribution in [2.24, 2.45) is 0 Å². The minimum Gasteiger partial charge on any atom is -0.806 e. The Hall–Kier alpha value is 0.817. The van der Waals surface area contributed by atoms with E-state index in [0.29, 0.717) is 0 Å². The maximum Gasteiger partial charge on any atom is 2.00 e. The van der Waals surface area contributed by atoms with Gasteiger partial charge in [0.1, 0.15) is 0 Å². The zero-order valence-electron chi connectivity index (χ0n) is 8.46. The molecule has 0 radical (unpaired) electrons. The Labute approximate surface area is 117 Å². The molecule has 74 valence electrons. The molecule has 0 aliphatic rings. The van der Waals surface area contributed by atoms with E-state index in [4.69, 9.17) is 12.6 Å². The maximum absolute atomic E-state index is 4.82. The second-order valence-electron chi connectivity index (χ2n) is 1.73. The van der Waals surface area contributed by atoms with Crippen molar-refractivity contribution in [1.82, 2.24) is 0 Å². The number of benzene rings is 1. The zero-order chi connectivity index (χ0) is 7.98. The summed E-state index contributed by atoms with van der Waals surface area (Å²) in [7, 11) is 0. The summed E-state index contributed by atoms with van der Waals surface area (Å²) in [5.41, 5.74) is 1.21. The van der Waals surface area contributed by atoms with E-state index in [9.17, 15) is 0 Å². The van der Waals surface area contributed by atoms with Crippen molar-refractivity contribution in [2.45, 2.75) is 25.7 Å². The number of hydrogen-bond donors (Lipinski definition) is 0. The minimum atomic E-state index is 0. The Balaban J connectivity index is -0.0000000761. The van der Waals surface area contributed by atoms with Gasteiger partial charge in [-0.1, -0.05) is 20.8 Å². The smallest absolute Gasteiger partial charge is 0.806 e. The van der Waals surface area contributed by atoms with Gasteiger partial charge in [-0.2, -0.15) is 23.8 Å². The Bertz CT molecular complexity index is 152. The van der Waals surface area contributed by atoms with Gasteiger partial charge in [0.15, 0.2) is 0 Å². The largest absolute Gasteiger partial charge is 2.00 e. The van der Waals surface area contributed by atoms with E-state index in [-0.39, 0.29) is 49.6 Å². The summed E-state index contributed by atoms with van der Waals surface area (Å²) in [4.78, 5) is 0.788. The molecule has 1 aromatic carbocycles. The molecule has 0 saturated carbocycles. The first-order valence-corrected chi connectivity index (χ1v) is 3.85. The summed E-state index contributed by atoms with van der Waals surface area (Å²) >= 11 is 4.82. The third-order valence-electron chi connectivity index (χ3n) is 0.940. The summed E-state index contributed by atoms with van der Waals surface area (Å²) in [6.45, 7) is 6.02. The monoisotopic (exact) mass is 535 g/mol. The van der Waals surface area contributed by atoms with E-state index in [1.54, 1.807) is 0 Å². The van der Waals surface area contributed by atoms with Crippen molar-refractivity contribution in [1.29, 1.82) is 0 Å². The predicted molar refractivity (Wildman–Crippen MR) is 53.4 cm³/mol. The first-order valence-electron chi connectivity index (χ1n) is 3.44. The van der Waals surface area contributed by atoms with Crippen LogP contribution in [0.2, 0.25) is 0 Å². The van der Waals surface area contributed by atoms with Crippen molar-refractivity contribution in [3.05, 3.63) is 37.3 Å². The number of rotatable bonds is 0. The van der Waals surface area contributed by atoms with E-state index >= 15 is 0 Å². The van der Waals surface area contributed by atoms with Crippen molar-refractivity contribution in [3.63, 3.8) is 0 Å². The molecule has 0 aromatic heterocycles. The Morgan fingerprint density at radius 1 is 1.23 bits per heavy atom. The van der Waals surface area contributed by atoms with Crippen LogP contribution in [0.3, 0.4) is 0 Å². The van der Waals surface area contributed by atoms with Gasteiger partial charge in [-0.05, 0) is 0 Å². The van der Waals surface area contributed by atoms with Crippen LogP contribution < -0.4 is 0 Å². The summed E-state index contributed by atoms with van der Waals surface area (Å²) in [5.74, 6) is 0. The zero-order valence-corrected chi connectivity index (χ0v) is 15.1. The molecule has 0 heterocycles. The Morgan fingerprint density at radius 3 is 1.92 bits per heavy atom. The molecule has 13 heavy (non-hydrogen) atoms. The van der Waals surface area contributed by atoms with Crippen LogP contribution in [-0.2, 0) is 54.8 Å². The normalized spacial score (nSPS) is 6.08. The molecule has 1 rings (SSSR count). The van der Waals surface area contributed by atoms with Crippen LogP contribution in [0.4, 0.5) is 0 Å². The van der Waals surface area contributed by atoms with Gasteiger partial charge in [0, 0.05) is 21.1 Å². The van der Waals surface area contributed by atoms with Gasteiger partial charge >= 0.3 is 21.1 Å². The van der Waals surface area contributed by atoms with Crippen molar-refractivity contribution in [3.8, 4) is 0 Å². The summed E-state index contributed by atoms with van der Waals surface area (Å²) < 4.78 is 0. The molecule has 0 spiro atoms. The van der Waals surface area contributed by atoms with Gasteiger partial charge in [-0.15, -0.1) is 0 Å². The van der Waals surface area contributed by atoms with Crippen molar-refractivity contribution in [2.75, 3.05) is 0 Å². The second kappa shape index (κ2) is 15.3. The van der Waals surface area contributed by atoms with E-state index in [1.165, 1.54) is 5.56 Å². The number of aryl methyl sites for hydroxylation is 1. The molecular weight excluding hydrogens is 520 g/mol. The standard InChI is InChI=1S/C7H7S.C2H6.CH3.2W/c1-6-2-4-7(8)5-3-6;1-2;;;/h2-4,8H,1H3;1-2H3;1H3;;/q-1;;-1;;+2/p-1. The van der Waals surface area contributed by atoms with Crippen molar-refractivity contribution < 1.29 is 42.1 Å². The van der Waals surface area contributed by atoms with Gasteiger partial charge in [-0.3, -0.25) is 4.90 Å². The van der Waals surface area contributed by atoms with Crippen LogP contribution in [0.5, 0.6) is 0 Å². The SMILES string of the molecule is CC.Cc1c[c-]c([S-])cc1.[CH3-].[W+2].[W]. The minimum absolute atomic E-state index is 0. The Morgan fingerprint density at radius 2 is 1.69 bits per heavy atom.